The van der Waals surface area contributed by atoms with Crippen LogP contribution in [-0.2, 0) is 38.8 Å². The number of likely N-dealkylation sites (tertiary alicyclic amines) is 1. The van der Waals surface area contributed by atoms with E-state index in [1.807, 2.05) is 32.2 Å². The van der Waals surface area contributed by atoms with Crippen molar-refractivity contribution in [1.82, 2.24) is 15.1 Å². The zero-order chi connectivity index (χ0) is 27.9. The third kappa shape index (κ3) is 6.54. The van der Waals surface area contributed by atoms with Gasteiger partial charge in [-0.3, -0.25) is 19.3 Å². The Morgan fingerprint density at radius 1 is 1.10 bits per heavy atom. The SMILES string of the molecule is C=C(COc1ccc(CN2C(=O)CCC(N3Cc4cc(CNC)ccc4C3=O)C2=O)cc1)C(=O)OCCCC. The third-order valence-corrected chi connectivity index (χ3v) is 6.94. The van der Waals surface area contributed by atoms with Crippen molar-refractivity contribution in [2.24, 2.45) is 0 Å². The van der Waals surface area contributed by atoms with Gasteiger partial charge < -0.3 is 19.7 Å². The number of carbonyl (C=O) groups excluding carboxylic acids is 4. The van der Waals surface area contributed by atoms with Gasteiger partial charge >= 0.3 is 5.97 Å². The Labute approximate surface area is 228 Å². The Kier molecular flexibility index (Phi) is 9.14. The predicted molar refractivity (Wildman–Crippen MR) is 145 cm³/mol. The maximum atomic E-state index is 13.4. The molecule has 1 saturated heterocycles. The molecule has 3 amide bonds. The van der Waals surface area contributed by atoms with Gasteiger partial charge in [0, 0.05) is 25.1 Å². The Balaban J connectivity index is 1.35. The summed E-state index contributed by atoms with van der Waals surface area (Å²) in [6.45, 7) is 7.23. The summed E-state index contributed by atoms with van der Waals surface area (Å²) in [5.41, 5.74) is 3.55. The van der Waals surface area contributed by atoms with Gasteiger partial charge in [-0.1, -0.05) is 44.2 Å². The van der Waals surface area contributed by atoms with Crippen molar-refractivity contribution in [2.45, 2.75) is 58.3 Å². The van der Waals surface area contributed by atoms with Gasteiger partial charge in [0.15, 0.2) is 0 Å². The molecule has 1 N–H and O–H groups in total. The first kappa shape index (κ1) is 28.0. The highest BCUT2D eigenvalue weighted by Crippen LogP contribution is 2.30. The second kappa shape index (κ2) is 12.7. The molecule has 2 aliphatic rings. The average molecular weight is 534 g/mol. The average Bonchev–Trinajstić information content (AvgIpc) is 3.25. The minimum absolute atomic E-state index is 0.00220. The molecule has 4 rings (SSSR count). The van der Waals surface area contributed by atoms with Crippen molar-refractivity contribution < 1.29 is 28.7 Å². The maximum Gasteiger partial charge on any atom is 0.336 e. The van der Waals surface area contributed by atoms with Gasteiger partial charge in [-0.05, 0) is 54.8 Å². The number of imide groups is 1. The fourth-order valence-electron chi connectivity index (χ4n) is 4.75. The molecule has 1 unspecified atom stereocenters. The molecule has 2 heterocycles. The van der Waals surface area contributed by atoms with Gasteiger partial charge in [0.05, 0.1) is 18.7 Å². The second-order valence-electron chi connectivity index (χ2n) is 9.85. The standard InChI is InChI=1S/C30H35N3O6/c1-4-5-14-38-30(37)20(2)19-39-24-9-6-21(7-10-24)17-33-27(34)13-12-26(29(33)36)32-18-23-15-22(16-31-3)8-11-25(23)28(32)35/h6-11,15,26,31H,2,4-5,12-14,16-19H2,1,3H3. The Morgan fingerprint density at radius 3 is 2.56 bits per heavy atom. The van der Waals surface area contributed by atoms with Crippen molar-refractivity contribution in [3.05, 3.63) is 76.9 Å². The minimum atomic E-state index is -0.680. The van der Waals surface area contributed by atoms with E-state index in [9.17, 15) is 19.2 Å². The number of fused-ring (bicyclic) bond motifs is 1. The van der Waals surface area contributed by atoms with Crippen LogP contribution in [0.4, 0.5) is 0 Å². The molecule has 39 heavy (non-hydrogen) atoms. The molecule has 9 nitrogen and oxygen atoms in total. The first-order valence-electron chi connectivity index (χ1n) is 13.3. The molecule has 2 aromatic carbocycles. The van der Waals surface area contributed by atoms with Crippen molar-refractivity contribution in [3.8, 4) is 5.75 Å². The summed E-state index contributed by atoms with van der Waals surface area (Å²) in [6, 6.07) is 12.0. The quantitative estimate of drug-likeness (QED) is 0.193. The smallest absolute Gasteiger partial charge is 0.336 e. The van der Waals surface area contributed by atoms with Gasteiger partial charge in [-0.2, -0.15) is 0 Å². The Hall–Kier alpha value is -3.98. The lowest BCUT2D eigenvalue weighted by molar-refractivity contribution is -0.153. The lowest BCUT2D eigenvalue weighted by Gasteiger charge is -2.35. The highest BCUT2D eigenvalue weighted by atomic mass is 16.5. The lowest BCUT2D eigenvalue weighted by Crippen LogP contribution is -2.54. The molecule has 0 spiro atoms. The first-order chi connectivity index (χ1) is 18.8. The summed E-state index contributed by atoms with van der Waals surface area (Å²) >= 11 is 0. The van der Waals surface area contributed by atoms with Gasteiger partial charge in [-0.15, -0.1) is 0 Å². The van der Waals surface area contributed by atoms with Crippen LogP contribution in [-0.4, -0.2) is 59.8 Å². The maximum absolute atomic E-state index is 13.4. The van der Waals surface area contributed by atoms with E-state index in [4.69, 9.17) is 9.47 Å². The van der Waals surface area contributed by atoms with Crippen LogP contribution in [0.1, 0.15) is 59.7 Å². The van der Waals surface area contributed by atoms with E-state index < -0.39 is 12.0 Å². The number of unbranched alkanes of at least 4 members (excludes halogenated alkanes) is 1. The van der Waals surface area contributed by atoms with Crippen LogP contribution in [0.25, 0.3) is 0 Å². The number of carbonyl (C=O) groups is 4. The van der Waals surface area contributed by atoms with Crippen molar-refractivity contribution in [3.63, 3.8) is 0 Å². The highest BCUT2D eigenvalue weighted by molar-refractivity contribution is 6.05. The van der Waals surface area contributed by atoms with Crippen molar-refractivity contribution >= 4 is 23.7 Å². The molecule has 0 bridgehead atoms. The summed E-state index contributed by atoms with van der Waals surface area (Å²) in [6.07, 6.45) is 2.23. The zero-order valence-electron chi connectivity index (χ0n) is 22.5. The summed E-state index contributed by atoms with van der Waals surface area (Å²) in [7, 11) is 1.86. The molecule has 0 saturated carbocycles. The molecule has 0 aliphatic carbocycles. The fraction of sp³-hybridized carbons (Fsp3) is 0.400. The molecule has 1 atom stereocenters. The monoisotopic (exact) mass is 533 g/mol. The first-order valence-corrected chi connectivity index (χ1v) is 13.3. The number of ether oxygens (including phenoxy) is 2. The number of rotatable bonds is 12. The van der Waals surface area contributed by atoms with Crippen LogP contribution in [0.3, 0.4) is 0 Å². The number of amides is 3. The fourth-order valence-corrected chi connectivity index (χ4v) is 4.75. The predicted octanol–water partition coefficient (Wildman–Crippen LogP) is 3.36. The van der Waals surface area contributed by atoms with E-state index in [0.717, 1.165) is 29.5 Å². The van der Waals surface area contributed by atoms with Crippen LogP contribution in [0.2, 0.25) is 0 Å². The number of esters is 1. The van der Waals surface area contributed by atoms with Gasteiger partial charge in [0.1, 0.15) is 18.4 Å². The number of benzene rings is 2. The number of nitrogens with one attached hydrogen (secondary N) is 1. The normalized spacial score (nSPS) is 16.9. The van der Waals surface area contributed by atoms with E-state index in [2.05, 4.69) is 11.9 Å². The molecule has 2 aliphatic heterocycles. The van der Waals surface area contributed by atoms with Crippen LogP contribution < -0.4 is 10.1 Å². The van der Waals surface area contributed by atoms with Gasteiger partial charge in [-0.25, -0.2) is 4.79 Å². The molecular formula is C30H35N3O6. The van der Waals surface area contributed by atoms with E-state index in [1.54, 1.807) is 29.2 Å². The molecule has 0 aromatic heterocycles. The topological polar surface area (TPSA) is 105 Å². The minimum Gasteiger partial charge on any atom is -0.489 e. The van der Waals surface area contributed by atoms with Crippen LogP contribution in [0.5, 0.6) is 5.75 Å². The number of hydrogen-bond acceptors (Lipinski definition) is 7. The number of nitrogens with zero attached hydrogens (tertiary/aromatic N) is 2. The third-order valence-electron chi connectivity index (χ3n) is 6.94. The highest BCUT2D eigenvalue weighted by Gasteiger charge is 2.42. The van der Waals surface area contributed by atoms with E-state index in [1.165, 1.54) is 4.90 Å². The summed E-state index contributed by atoms with van der Waals surface area (Å²) < 4.78 is 10.8. The summed E-state index contributed by atoms with van der Waals surface area (Å²) in [5.74, 6) is -0.745. The molecule has 206 valence electrons. The van der Waals surface area contributed by atoms with Crippen molar-refractivity contribution in [1.29, 1.82) is 0 Å². The summed E-state index contributed by atoms with van der Waals surface area (Å²) in [4.78, 5) is 54.0. The zero-order valence-corrected chi connectivity index (χ0v) is 22.5. The van der Waals surface area contributed by atoms with E-state index in [-0.39, 0.29) is 42.9 Å². The molecular weight excluding hydrogens is 498 g/mol. The molecule has 1 fully saturated rings. The van der Waals surface area contributed by atoms with Crippen LogP contribution in [0.15, 0.2) is 54.6 Å². The van der Waals surface area contributed by atoms with Crippen molar-refractivity contribution in [2.75, 3.05) is 20.3 Å². The molecule has 9 heteroatoms. The van der Waals surface area contributed by atoms with E-state index in [0.29, 0.717) is 37.4 Å². The molecule has 2 aromatic rings. The Morgan fingerprint density at radius 2 is 1.85 bits per heavy atom. The lowest BCUT2D eigenvalue weighted by atomic mass is 10.0. The summed E-state index contributed by atoms with van der Waals surface area (Å²) in [5, 5.41) is 3.10. The second-order valence-corrected chi connectivity index (χ2v) is 9.85. The van der Waals surface area contributed by atoms with E-state index >= 15 is 0 Å². The Bertz CT molecular complexity index is 1260. The van der Waals surface area contributed by atoms with Gasteiger partial charge in [0.25, 0.3) is 11.8 Å². The van der Waals surface area contributed by atoms with Crippen LogP contribution in [0, 0.1) is 0 Å². The number of piperidine rings is 1. The molecule has 0 radical (unpaired) electrons. The van der Waals surface area contributed by atoms with Gasteiger partial charge in [0.2, 0.25) is 5.91 Å². The van der Waals surface area contributed by atoms with Crippen LogP contribution >= 0.6 is 0 Å². The number of hydrogen-bond donors (Lipinski definition) is 1. The largest absolute Gasteiger partial charge is 0.489 e.